The molecule has 0 aliphatic carbocycles. The van der Waals surface area contributed by atoms with E-state index < -0.39 is 0 Å². The lowest BCUT2D eigenvalue weighted by Crippen LogP contribution is -2.12. The SMILES string of the molecule is CN(C)c1cc(CNc2ncnc3ccc(F)cc23)c2ccccc2n1. The number of rotatable bonds is 4. The van der Waals surface area contributed by atoms with Gasteiger partial charge in [0.1, 0.15) is 23.8 Å². The summed E-state index contributed by atoms with van der Waals surface area (Å²) in [6.45, 7) is 0.548. The van der Waals surface area contributed by atoms with E-state index in [1.165, 1.54) is 18.5 Å². The van der Waals surface area contributed by atoms with Gasteiger partial charge in [-0.25, -0.2) is 19.3 Å². The van der Waals surface area contributed by atoms with E-state index in [0.717, 1.165) is 22.3 Å². The van der Waals surface area contributed by atoms with Crippen molar-refractivity contribution in [1.29, 1.82) is 0 Å². The molecule has 0 radical (unpaired) electrons. The van der Waals surface area contributed by atoms with E-state index in [0.29, 0.717) is 23.3 Å². The molecule has 0 aliphatic heterocycles. The van der Waals surface area contributed by atoms with Crippen LogP contribution < -0.4 is 10.2 Å². The molecule has 1 N–H and O–H groups in total. The first-order valence-electron chi connectivity index (χ1n) is 8.32. The molecule has 0 saturated heterocycles. The molecule has 2 heterocycles. The second-order valence-corrected chi connectivity index (χ2v) is 6.29. The molecule has 2 aromatic heterocycles. The van der Waals surface area contributed by atoms with Crippen molar-refractivity contribution in [1.82, 2.24) is 15.0 Å². The molecular formula is C20H18FN5. The van der Waals surface area contributed by atoms with E-state index in [1.807, 2.05) is 37.2 Å². The average molecular weight is 347 g/mol. The molecule has 0 aliphatic rings. The third kappa shape index (κ3) is 3.01. The summed E-state index contributed by atoms with van der Waals surface area (Å²) in [5, 5.41) is 5.07. The number of nitrogens with one attached hydrogen (secondary N) is 1. The Morgan fingerprint density at radius 1 is 0.962 bits per heavy atom. The van der Waals surface area contributed by atoms with Crippen molar-refractivity contribution < 1.29 is 4.39 Å². The van der Waals surface area contributed by atoms with Gasteiger partial charge in [-0.2, -0.15) is 0 Å². The van der Waals surface area contributed by atoms with Gasteiger partial charge in [0.05, 0.1) is 11.0 Å². The highest BCUT2D eigenvalue weighted by molar-refractivity contribution is 5.89. The molecule has 26 heavy (non-hydrogen) atoms. The number of nitrogens with zero attached hydrogens (tertiary/aromatic N) is 4. The van der Waals surface area contributed by atoms with Crippen LogP contribution in [0.25, 0.3) is 21.8 Å². The van der Waals surface area contributed by atoms with E-state index >= 15 is 0 Å². The monoisotopic (exact) mass is 347 g/mol. The summed E-state index contributed by atoms with van der Waals surface area (Å²) in [5.41, 5.74) is 2.74. The molecule has 4 rings (SSSR count). The molecule has 0 amide bonds. The van der Waals surface area contributed by atoms with E-state index in [1.54, 1.807) is 6.07 Å². The van der Waals surface area contributed by atoms with Crippen molar-refractivity contribution in [3.05, 3.63) is 66.2 Å². The molecule has 130 valence electrons. The summed E-state index contributed by atoms with van der Waals surface area (Å²) < 4.78 is 13.6. The Morgan fingerprint density at radius 2 is 1.81 bits per heavy atom. The standard InChI is InChI=1S/C20H18FN5/c1-26(2)19-9-13(15-5-3-4-6-18(15)25-19)11-22-20-16-10-14(21)7-8-17(16)23-12-24-20/h3-10,12H,11H2,1-2H3,(H,22,23,24). The maximum absolute atomic E-state index is 13.6. The molecule has 4 aromatic rings. The lowest BCUT2D eigenvalue weighted by molar-refractivity contribution is 0.629. The fraction of sp³-hybridized carbons (Fsp3) is 0.150. The van der Waals surface area contributed by atoms with Gasteiger partial charge in [0.25, 0.3) is 0 Å². The molecule has 0 unspecified atom stereocenters. The van der Waals surface area contributed by atoms with Crippen LogP contribution in [0, 0.1) is 5.82 Å². The minimum Gasteiger partial charge on any atom is -0.365 e. The lowest BCUT2D eigenvalue weighted by atomic mass is 10.1. The normalized spacial score (nSPS) is 11.0. The average Bonchev–Trinajstić information content (AvgIpc) is 2.65. The van der Waals surface area contributed by atoms with Gasteiger partial charge < -0.3 is 10.2 Å². The Morgan fingerprint density at radius 3 is 2.65 bits per heavy atom. The number of fused-ring (bicyclic) bond motifs is 2. The zero-order valence-corrected chi connectivity index (χ0v) is 14.6. The quantitative estimate of drug-likeness (QED) is 0.605. The van der Waals surface area contributed by atoms with E-state index in [2.05, 4.69) is 32.4 Å². The number of benzene rings is 2. The van der Waals surface area contributed by atoms with Gasteiger partial charge in [-0.1, -0.05) is 18.2 Å². The highest BCUT2D eigenvalue weighted by atomic mass is 19.1. The highest BCUT2D eigenvalue weighted by Crippen LogP contribution is 2.25. The van der Waals surface area contributed by atoms with Crippen LogP contribution in [-0.4, -0.2) is 29.0 Å². The highest BCUT2D eigenvalue weighted by Gasteiger charge is 2.09. The lowest BCUT2D eigenvalue weighted by Gasteiger charge is -2.16. The second kappa shape index (κ2) is 6.55. The maximum Gasteiger partial charge on any atom is 0.137 e. The summed E-state index contributed by atoms with van der Waals surface area (Å²) in [6.07, 6.45) is 1.48. The molecule has 0 spiro atoms. The van der Waals surface area contributed by atoms with Crippen molar-refractivity contribution >= 4 is 33.4 Å². The first-order chi connectivity index (χ1) is 12.6. The smallest absolute Gasteiger partial charge is 0.137 e. The number of hydrogen-bond donors (Lipinski definition) is 1. The predicted octanol–water partition coefficient (Wildman–Crippen LogP) is 4.00. The number of hydrogen-bond acceptors (Lipinski definition) is 5. The Kier molecular flexibility index (Phi) is 4.08. The van der Waals surface area contributed by atoms with Gasteiger partial charge in [-0.15, -0.1) is 0 Å². The van der Waals surface area contributed by atoms with Crippen molar-refractivity contribution in [2.45, 2.75) is 6.54 Å². The van der Waals surface area contributed by atoms with Gasteiger partial charge in [-0.3, -0.25) is 0 Å². The van der Waals surface area contributed by atoms with Crippen LogP contribution >= 0.6 is 0 Å². The number of pyridine rings is 1. The summed E-state index contributed by atoms with van der Waals surface area (Å²) in [7, 11) is 3.93. The van der Waals surface area contributed by atoms with Crippen LogP contribution in [-0.2, 0) is 6.54 Å². The van der Waals surface area contributed by atoms with Crippen molar-refractivity contribution in [3.63, 3.8) is 0 Å². The minimum absolute atomic E-state index is 0.306. The van der Waals surface area contributed by atoms with Gasteiger partial charge in [-0.05, 0) is 35.9 Å². The molecule has 5 nitrogen and oxygen atoms in total. The Hall–Kier alpha value is -3.28. The molecule has 0 bridgehead atoms. The summed E-state index contributed by atoms with van der Waals surface area (Å²) in [6, 6.07) is 14.6. The van der Waals surface area contributed by atoms with E-state index in [4.69, 9.17) is 0 Å². The largest absolute Gasteiger partial charge is 0.365 e. The van der Waals surface area contributed by atoms with Gasteiger partial charge in [0.15, 0.2) is 0 Å². The molecule has 6 heteroatoms. The van der Waals surface area contributed by atoms with Crippen LogP contribution in [0.1, 0.15) is 5.56 Å². The van der Waals surface area contributed by atoms with Crippen LogP contribution in [0.4, 0.5) is 16.0 Å². The van der Waals surface area contributed by atoms with Gasteiger partial charge in [0.2, 0.25) is 0 Å². The van der Waals surface area contributed by atoms with Crippen molar-refractivity contribution in [3.8, 4) is 0 Å². The topological polar surface area (TPSA) is 53.9 Å². The van der Waals surface area contributed by atoms with E-state index in [-0.39, 0.29) is 5.82 Å². The number of para-hydroxylation sites is 1. The molecule has 2 aromatic carbocycles. The molecule has 0 saturated carbocycles. The minimum atomic E-state index is -0.306. The zero-order valence-electron chi connectivity index (χ0n) is 14.6. The van der Waals surface area contributed by atoms with Crippen LogP contribution in [0.5, 0.6) is 0 Å². The summed E-state index contributed by atoms with van der Waals surface area (Å²) in [5.74, 6) is 1.19. The zero-order chi connectivity index (χ0) is 18.1. The van der Waals surface area contributed by atoms with Crippen molar-refractivity contribution in [2.75, 3.05) is 24.3 Å². The molecular weight excluding hydrogens is 329 g/mol. The number of aromatic nitrogens is 3. The van der Waals surface area contributed by atoms with E-state index in [9.17, 15) is 4.39 Å². The second-order valence-electron chi connectivity index (χ2n) is 6.29. The third-order valence-electron chi connectivity index (χ3n) is 4.29. The van der Waals surface area contributed by atoms with Crippen molar-refractivity contribution in [2.24, 2.45) is 0 Å². The fourth-order valence-corrected chi connectivity index (χ4v) is 2.96. The van der Waals surface area contributed by atoms with Gasteiger partial charge in [0, 0.05) is 31.4 Å². The molecule has 0 atom stereocenters. The summed E-state index contributed by atoms with van der Waals surface area (Å²) in [4.78, 5) is 15.1. The van der Waals surface area contributed by atoms with Crippen LogP contribution in [0.15, 0.2) is 54.9 Å². The fourth-order valence-electron chi connectivity index (χ4n) is 2.96. The van der Waals surface area contributed by atoms with Crippen LogP contribution in [0.3, 0.4) is 0 Å². The number of halogens is 1. The maximum atomic E-state index is 13.6. The van der Waals surface area contributed by atoms with Gasteiger partial charge >= 0.3 is 0 Å². The Labute approximate surface area is 150 Å². The third-order valence-corrected chi connectivity index (χ3v) is 4.29. The Bertz CT molecular complexity index is 1090. The first kappa shape index (κ1) is 16.2. The Balaban J connectivity index is 1.73. The summed E-state index contributed by atoms with van der Waals surface area (Å²) >= 11 is 0. The first-order valence-corrected chi connectivity index (χ1v) is 8.32. The number of anilines is 2. The predicted molar refractivity (Wildman–Crippen MR) is 103 cm³/mol. The molecule has 0 fully saturated rings. The van der Waals surface area contributed by atoms with Crippen LogP contribution in [0.2, 0.25) is 0 Å².